The van der Waals surface area contributed by atoms with Crippen molar-refractivity contribution in [1.29, 1.82) is 0 Å². The number of nitrogens with one attached hydrogen (secondary N) is 1. The summed E-state index contributed by atoms with van der Waals surface area (Å²) in [5.74, 6) is -0.113. The van der Waals surface area contributed by atoms with E-state index in [0.717, 1.165) is 11.3 Å². The second kappa shape index (κ2) is 6.88. The highest BCUT2D eigenvalue weighted by Crippen LogP contribution is 2.21. The Morgan fingerprint density at radius 3 is 2.83 bits per heavy atom. The second-order valence-corrected chi connectivity index (χ2v) is 5.89. The Morgan fingerprint density at radius 1 is 1.29 bits per heavy atom. The molecule has 2 amide bonds. The number of furan rings is 1. The number of carbonyl (C=O) groups is 2. The van der Waals surface area contributed by atoms with Crippen LogP contribution in [0, 0.1) is 13.8 Å². The third-order valence-electron chi connectivity index (χ3n) is 4.17. The van der Waals surface area contributed by atoms with E-state index >= 15 is 0 Å². The van der Waals surface area contributed by atoms with E-state index in [-0.39, 0.29) is 30.3 Å². The number of carbonyl (C=O) groups excluding carboxylic acids is 2. The second-order valence-electron chi connectivity index (χ2n) is 5.89. The van der Waals surface area contributed by atoms with Crippen molar-refractivity contribution in [3.05, 3.63) is 53.5 Å². The van der Waals surface area contributed by atoms with E-state index in [1.165, 1.54) is 11.8 Å². The van der Waals surface area contributed by atoms with Gasteiger partial charge >= 0.3 is 0 Å². The number of hydrogen-bond acceptors (Lipinski definition) is 4. The van der Waals surface area contributed by atoms with Crippen LogP contribution in [-0.2, 0) is 9.53 Å². The number of amides is 2. The summed E-state index contributed by atoms with van der Waals surface area (Å²) in [6, 6.07) is 9.19. The third-order valence-corrected chi connectivity index (χ3v) is 4.17. The average molecular weight is 328 g/mol. The van der Waals surface area contributed by atoms with Gasteiger partial charge in [-0.2, -0.15) is 0 Å². The Bertz CT molecular complexity index is 739. The molecule has 0 aliphatic carbocycles. The van der Waals surface area contributed by atoms with Gasteiger partial charge in [0.2, 0.25) is 0 Å². The molecule has 1 N–H and O–H groups in total. The fourth-order valence-corrected chi connectivity index (χ4v) is 2.59. The summed E-state index contributed by atoms with van der Waals surface area (Å²) >= 11 is 0. The minimum atomic E-state index is -0.293. The Morgan fingerprint density at radius 2 is 2.12 bits per heavy atom. The monoisotopic (exact) mass is 328 g/mol. The van der Waals surface area contributed by atoms with E-state index < -0.39 is 0 Å². The first-order valence-corrected chi connectivity index (χ1v) is 7.85. The fraction of sp³-hybridized carbons (Fsp3) is 0.333. The van der Waals surface area contributed by atoms with Crippen LogP contribution in [0.3, 0.4) is 0 Å². The summed E-state index contributed by atoms with van der Waals surface area (Å²) in [5, 5.41) is 2.77. The Labute approximate surface area is 140 Å². The molecule has 6 nitrogen and oxygen atoms in total. The van der Waals surface area contributed by atoms with Crippen LogP contribution in [0.1, 0.15) is 21.7 Å². The molecule has 3 rings (SSSR count). The smallest absolute Gasteiger partial charge is 0.287 e. The first-order valence-electron chi connectivity index (χ1n) is 7.85. The molecule has 0 spiro atoms. The Kier molecular flexibility index (Phi) is 4.66. The fourth-order valence-electron chi connectivity index (χ4n) is 2.59. The van der Waals surface area contributed by atoms with Gasteiger partial charge in [0.05, 0.1) is 18.9 Å². The van der Waals surface area contributed by atoms with Gasteiger partial charge in [-0.25, -0.2) is 0 Å². The summed E-state index contributed by atoms with van der Waals surface area (Å²) in [7, 11) is 0. The SMILES string of the molecule is Cc1ccc(N2CC(CNC(=O)c3ccco3)OCC2=O)cc1C. The molecule has 1 unspecified atom stereocenters. The molecule has 1 saturated heterocycles. The molecule has 24 heavy (non-hydrogen) atoms. The van der Waals surface area contributed by atoms with Crippen LogP contribution in [0.15, 0.2) is 41.0 Å². The molecule has 0 radical (unpaired) electrons. The van der Waals surface area contributed by atoms with E-state index in [9.17, 15) is 9.59 Å². The molecule has 0 bridgehead atoms. The maximum Gasteiger partial charge on any atom is 0.287 e. The van der Waals surface area contributed by atoms with E-state index in [4.69, 9.17) is 9.15 Å². The van der Waals surface area contributed by atoms with Crippen LogP contribution < -0.4 is 10.2 Å². The van der Waals surface area contributed by atoms with Crippen LogP contribution in [0.5, 0.6) is 0 Å². The number of ether oxygens (including phenoxy) is 1. The first kappa shape index (κ1) is 16.3. The average Bonchev–Trinajstić information content (AvgIpc) is 3.11. The van der Waals surface area contributed by atoms with Crippen LogP contribution in [0.2, 0.25) is 0 Å². The summed E-state index contributed by atoms with van der Waals surface area (Å²) in [5.41, 5.74) is 3.17. The number of benzene rings is 1. The van der Waals surface area contributed by atoms with Crippen molar-refractivity contribution in [2.24, 2.45) is 0 Å². The van der Waals surface area contributed by atoms with Gasteiger partial charge in [-0.3, -0.25) is 9.59 Å². The van der Waals surface area contributed by atoms with Gasteiger partial charge in [0, 0.05) is 12.2 Å². The number of rotatable bonds is 4. The van der Waals surface area contributed by atoms with E-state index in [2.05, 4.69) is 5.32 Å². The molecule has 1 fully saturated rings. The molecule has 126 valence electrons. The standard InChI is InChI=1S/C18H20N2O4/c1-12-5-6-14(8-13(12)2)20-10-15(24-11-17(20)21)9-19-18(22)16-4-3-7-23-16/h3-8,15H,9-11H2,1-2H3,(H,19,22). The summed E-state index contributed by atoms with van der Waals surface area (Å²) in [6.07, 6.45) is 1.19. The molecule has 1 aromatic carbocycles. The lowest BCUT2D eigenvalue weighted by Crippen LogP contribution is -2.50. The predicted molar refractivity (Wildman–Crippen MR) is 89.1 cm³/mol. The Hall–Kier alpha value is -2.60. The van der Waals surface area contributed by atoms with Crippen LogP contribution >= 0.6 is 0 Å². The van der Waals surface area contributed by atoms with Crippen molar-refractivity contribution in [2.75, 3.05) is 24.6 Å². The molecule has 2 heterocycles. The zero-order valence-electron chi connectivity index (χ0n) is 13.7. The Balaban J connectivity index is 1.63. The van der Waals surface area contributed by atoms with Gasteiger partial charge in [-0.15, -0.1) is 0 Å². The molecule has 0 saturated carbocycles. The van der Waals surface area contributed by atoms with Crippen LogP contribution in [-0.4, -0.2) is 37.6 Å². The van der Waals surface area contributed by atoms with Crippen molar-refractivity contribution in [3.63, 3.8) is 0 Å². The van der Waals surface area contributed by atoms with E-state index in [1.807, 2.05) is 32.0 Å². The maximum atomic E-state index is 12.2. The number of nitrogens with zero attached hydrogens (tertiary/aromatic N) is 1. The minimum absolute atomic E-state index is 0.00815. The molecule has 1 aliphatic rings. The summed E-state index contributed by atoms with van der Waals surface area (Å²) in [6.45, 7) is 4.78. The number of anilines is 1. The minimum Gasteiger partial charge on any atom is -0.459 e. The number of hydrogen-bond donors (Lipinski definition) is 1. The van der Waals surface area contributed by atoms with Gasteiger partial charge < -0.3 is 19.4 Å². The summed E-state index contributed by atoms with van der Waals surface area (Å²) < 4.78 is 10.6. The highest BCUT2D eigenvalue weighted by Gasteiger charge is 2.28. The van der Waals surface area contributed by atoms with Gasteiger partial charge in [0.15, 0.2) is 5.76 Å². The highest BCUT2D eigenvalue weighted by molar-refractivity contribution is 5.95. The lowest BCUT2D eigenvalue weighted by molar-refractivity contribution is -0.129. The van der Waals surface area contributed by atoms with Crippen molar-refractivity contribution >= 4 is 17.5 Å². The molecule has 1 aromatic heterocycles. The van der Waals surface area contributed by atoms with Crippen LogP contribution in [0.25, 0.3) is 0 Å². The normalized spacial score (nSPS) is 17.8. The molecular weight excluding hydrogens is 308 g/mol. The lowest BCUT2D eigenvalue weighted by Gasteiger charge is -2.33. The maximum absolute atomic E-state index is 12.2. The van der Waals surface area contributed by atoms with Crippen molar-refractivity contribution in [1.82, 2.24) is 5.32 Å². The largest absolute Gasteiger partial charge is 0.459 e. The van der Waals surface area contributed by atoms with E-state index in [0.29, 0.717) is 13.1 Å². The van der Waals surface area contributed by atoms with Crippen LogP contribution in [0.4, 0.5) is 5.69 Å². The van der Waals surface area contributed by atoms with Crippen molar-refractivity contribution < 1.29 is 18.7 Å². The zero-order valence-corrected chi connectivity index (χ0v) is 13.7. The van der Waals surface area contributed by atoms with Gasteiger partial charge in [-0.05, 0) is 49.2 Å². The topological polar surface area (TPSA) is 71.8 Å². The molecular formula is C18H20N2O4. The van der Waals surface area contributed by atoms with Crippen molar-refractivity contribution in [3.8, 4) is 0 Å². The third kappa shape index (κ3) is 3.49. The van der Waals surface area contributed by atoms with Gasteiger partial charge in [0.1, 0.15) is 6.61 Å². The van der Waals surface area contributed by atoms with Gasteiger partial charge in [0.25, 0.3) is 11.8 Å². The van der Waals surface area contributed by atoms with Gasteiger partial charge in [-0.1, -0.05) is 6.07 Å². The molecule has 2 aromatic rings. The van der Waals surface area contributed by atoms with Crippen molar-refractivity contribution in [2.45, 2.75) is 20.0 Å². The van der Waals surface area contributed by atoms with E-state index in [1.54, 1.807) is 17.0 Å². The number of morpholine rings is 1. The quantitative estimate of drug-likeness (QED) is 0.932. The highest BCUT2D eigenvalue weighted by atomic mass is 16.5. The number of aryl methyl sites for hydroxylation is 2. The first-order chi connectivity index (χ1) is 11.5. The lowest BCUT2D eigenvalue weighted by atomic mass is 10.1. The summed E-state index contributed by atoms with van der Waals surface area (Å²) in [4.78, 5) is 25.8. The zero-order chi connectivity index (χ0) is 17.1. The molecule has 1 aliphatic heterocycles. The molecule has 6 heteroatoms. The predicted octanol–water partition coefficient (Wildman–Crippen LogP) is 2.06. The molecule has 1 atom stereocenters.